The molecule has 4 rings (SSSR count). The summed E-state index contributed by atoms with van der Waals surface area (Å²) in [5.74, 6) is -0.522. The van der Waals surface area contributed by atoms with Crippen LogP contribution in [0.2, 0.25) is 5.15 Å². The van der Waals surface area contributed by atoms with E-state index in [1.54, 1.807) is 29.8 Å². The molecule has 0 aliphatic carbocycles. The summed E-state index contributed by atoms with van der Waals surface area (Å²) < 4.78 is 1.62. The molecular formula is C26H23ClN4O2. The largest absolute Gasteiger partial charge is 0.348 e. The van der Waals surface area contributed by atoms with Crippen molar-refractivity contribution in [2.24, 2.45) is 0 Å². The van der Waals surface area contributed by atoms with E-state index in [1.165, 1.54) is 0 Å². The van der Waals surface area contributed by atoms with Crippen LogP contribution < -0.4 is 10.6 Å². The van der Waals surface area contributed by atoms with Crippen molar-refractivity contribution in [2.75, 3.05) is 5.32 Å². The predicted molar refractivity (Wildman–Crippen MR) is 130 cm³/mol. The lowest BCUT2D eigenvalue weighted by Crippen LogP contribution is -2.24. The first kappa shape index (κ1) is 22.3. The predicted octanol–water partition coefficient (Wildman–Crippen LogP) is 5.08. The van der Waals surface area contributed by atoms with E-state index < -0.39 is 0 Å². The molecule has 0 aliphatic heterocycles. The van der Waals surface area contributed by atoms with Crippen LogP contribution in [-0.4, -0.2) is 21.6 Å². The summed E-state index contributed by atoms with van der Waals surface area (Å²) in [5.41, 5.74) is 3.98. The molecule has 166 valence electrons. The number of nitrogens with zero attached hydrogens (tertiary/aromatic N) is 2. The summed E-state index contributed by atoms with van der Waals surface area (Å²) in [4.78, 5) is 25.4. The van der Waals surface area contributed by atoms with Gasteiger partial charge in [-0.05, 0) is 42.3 Å². The lowest BCUT2D eigenvalue weighted by atomic mass is 10.1. The van der Waals surface area contributed by atoms with Gasteiger partial charge in [-0.15, -0.1) is 0 Å². The zero-order valence-corrected chi connectivity index (χ0v) is 18.8. The molecule has 7 heteroatoms. The van der Waals surface area contributed by atoms with Crippen LogP contribution in [0.5, 0.6) is 0 Å². The van der Waals surface area contributed by atoms with Crippen molar-refractivity contribution in [3.05, 3.63) is 118 Å². The molecule has 6 nitrogen and oxygen atoms in total. The number of aryl methyl sites for hydroxylation is 1. The Kier molecular flexibility index (Phi) is 6.86. The number of carbonyl (C=O) groups is 2. The number of anilines is 1. The van der Waals surface area contributed by atoms with Gasteiger partial charge in [-0.2, -0.15) is 5.10 Å². The fourth-order valence-corrected chi connectivity index (χ4v) is 3.81. The normalized spacial score (nSPS) is 10.6. The first-order valence-electron chi connectivity index (χ1n) is 10.5. The number of nitrogens with one attached hydrogen (secondary N) is 2. The third-order valence-electron chi connectivity index (χ3n) is 5.14. The molecule has 0 saturated heterocycles. The maximum absolute atomic E-state index is 12.9. The van der Waals surface area contributed by atoms with Crippen LogP contribution in [0.25, 0.3) is 0 Å². The Hall–Kier alpha value is -3.90. The average Bonchev–Trinajstić information content (AvgIpc) is 3.11. The summed E-state index contributed by atoms with van der Waals surface area (Å²) in [6.45, 7) is 2.49. The van der Waals surface area contributed by atoms with Crippen LogP contribution in [0.1, 0.15) is 37.5 Å². The summed E-state index contributed by atoms with van der Waals surface area (Å²) in [6.07, 6.45) is 0. The van der Waals surface area contributed by atoms with Crippen molar-refractivity contribution in [3.63, 3.8) is 0 Å². The minimum absolute atomic E-state index is 0.213. The van der Waals surface area contributed by atoms with Gasteiger partial charge in [0.05, 0.1) is 17.8 Å². The Morgan fingerprint density at radius 3 is 2.27 bits per heavy atom. The zero-order valence-electron chi connectivity index (χ0n) is 18.1. The Morgan fingerprint density at radius 2 is 1.55 bits per heavy atom. The van der Waals surface area contributed by atoms with Gasteiger partial charge in [-0.1, -0.05) is 72.3 Å². The minimum Gasteiger partial charge on any atom is -0.348 e. The van der Waals surface area contributed by atoms with E-state index >= 15 is 0 Å². The lowest BCUT2D eigenvalue weighted by Gasteiger charge is -2.09. The highest BCUT2D eigenvalue weighted by atomic mass is 35.5. The van der Waals surface area contributed by atoms with Crippen molar-refractivity contribution >= 4 is 29.1 Å². The fourth-order valence-electron chi connectivity index (χ4n) is 3.49. The van der Waals surface area contributed by atoms with Crippen LogP contribution in [0.3, 0.4) is 0 Å². The first-order valence-corrected chi connectivity index (χ1v) is 10.9. The van der Waals surface area contributed by atoms with E-state index in [0.29, 0.717) is 28.5 Å². The van der Waals surface area contributed by atoms with Gasteiger partial charge in [-0.3, -0.25) is 9.59 Å². The molecule has 3 aromatic carbocycles. The van der Waals surface area contributed by atoms with Crippen LogP contribution in [-0.2, 0) is 13.1 Å². The Bertz CT molecular complexity index is 1270. The maximum atomic E-state index is 12.9. The third kappa shape index (κ3) is 5.48. The third-order valence-corrected chi connectivity index (χ3v) is 5.53. The number of hydrogen-bond donors (Lipinski definition) is 2. The number of aromatic nitrogens is 2. The molecule has 1 heterocycles. The molecule has 0 unspecified atom stereocenters. The van der Waals surface area contributed by atoms with E-state index in [-0.39, 0.29) is 18.4 Å². The average molecular weight is 459 g/mol. The summed E-state index contributed by atoms with van der Waals surface area (Å²) in [5, 5.41) is 10.5. The first-order chi connectivity index (χ1) is 16.0. The molecule has 2 N–H and O–H groups in total. The second-order valence-electron chi connectivity index (χ2n) is 7.60. The SMILES string of the molecule is Cc1nn(Cc2ccccc2)c(Cl)c1C(=O)NCc1cccc(C(=O)Nc2ccccc2)c1. The molecule has 4 aromatic rings. The lowest BCUT2D eigenvalue weighted by molar-refractivity contribution is 0.0950. The highest BCUT2D eigenvalue weighted by molar-refractivity contribution is 6.33. The number of hydrogen-bond acceptors (Lipinski definition) is 3. The molecule has 2 amide bonds. The number of benzene rings is 3. The highest BCUT2D eigenvalue weighted by Gasteiger charge is 2.20. The smallest absolute Gasteiger partial charge is 0.256 e. The maximum Gasteiger partial charge on any atom is 0.256 e. The van der Waals surface area contributed by atoms with E-state index in [2.05, 4.69) is 15.7 Å². The van der Waals surface area contributed by atoms with Crippen LogP contribution in [0.15, 0.2) is 84.9 Å². The van der Waals surface area contributed by atoms with Gasteiger partial charge in [0.1, 0.15) is 5.15 Å². The molecule has 0 aliphatic rings. The van der Waals surface area contributed by atoms with Gasteiger partial charge < -0.3 is 10.6 Å². The van der Waals surface area contributed by atoms with Gasteiger partial charge in [-0.25, -0.2) is 4.68 Å². The van der Waals surface area contributed by atoms with Gasteiger partial charge in [0.2, 0.25) is 0 Å². The van der Waals surface area contributed by atoms with Crippen molar-refractivity contribution < 1.29 is 9.59 Å². The summed E-state index contributed by atoms with van der Waals surface area (Å²) >= 11 is 6.49. The molecule has 0 saturated carbocycles. The number of amides is 2. The topological polar surface area (TPSA) is 76.0 Å². The van der Waals surface area contributed by atoms with Crippen molar-refractivity contribution in [1.82, 2.24) is 15.1 Å². The summed E-state index contributed by atoms with van der Waals surface area (Å²) in [7, 11) is 0. The number of halogens is 1. The molecule has 0 bridgehead atoms. The number of para-hydroxylation sites is 1. The number of rotatable bonds is 7. The zero-order chi connectivity index (χ0) is 23.2. The highest BCUT2D eigenvalue weighted by Crippen LogP contribution is 2.21. The van der Waals surface area contributed by atoms with E-state index in [0.717, 1.165) is 16.8 Å². The second kappa shape index (κ2) is 10.1. The van der Waals surface area contributed by atoms with Gasteiger partial charge in [0.15, 0.2) is 0 Å². The number of carbonyl (C=O) groups excluding carboxylic acids is 2. The Morgan fingerprint density at radius 1 is 0.879 bits per heavy atom. The second-order valence-corrected chi connectivity index (χ2v) is 7.96. The quantitative estimate of drug-likeness (QED) is 0.405. The van der Waals surface area contributed by atoms with Gasteiger partial charge in [0.25, 0.3) is 11.8 Å². The van der Waals surface area contributed by atoms with Crippen LogP contribution >= 0.6 is 11.6 Å². The molecule has 0 atom stereocenters. The van der Waals surface area contributed by atoms with E-state index in [9.17, 15) is 9.59 Å². The van der Waals surface area contributed by atoms with E-state index in [4.69, 9.17) is 11.6 Å². The van der Waals surface area contributed by atoms with Gasteiger partial charge >= 0.3 is 0 Å². The van der Waals surface area contributed by atoms with Crippen LogP contribution in [0, 0.1) is 6.92 Å². The van der Waals surface area contributed by atoms with Gasteiger partial charge in [0, 0.05) is 17.8 Å². The minimum atomic E-state index is -0.309. The summed E-state index contributed by atoms with van der Waals surface area (Å²) in [6, 6.07) is 26.2. The molecular weight excluding hydrogens is 436 g/mol. The van der Waals surface area contributed by atoms with Crippen molar-refractivity contribution in [3.8, 4) is 0 Å². The molecule has 0 radical (unpaired) electrons. The Labute approximate surface area is 197 Å². The van der Waals surface area contributed by atoms with Crippen molar-refractivity contribution in [2.45, 2.75) is 20.0 Å². The fraction of sp³-hybridized carbons (Fsp3) is 0.115. The Balaban J connectivity index is 1.42. The molecule has 0 fully saturated rings. The van der Waals surface area contributed by atoms with E-state index in [1.807, 2.05) is 66.7 Å². The molecule has 33 heavy (non-hydrogen) atoms. The standard InChI is InChI=1S/C26H23ClN4O2/c1-18-23(24(27)31(30-18)17-19-9-4-2-5-10-19)26(33)28-16-20-11-8-12-21(15-20)25(32)29-22-13-6-3-7-14-22/h2-15H,16-17H2,1H3,(H,28,33)(H,29,32). The molecule has 0 spiro atoms. The van der Waals surface area contributed by atoms with Crippen molar-refractivity contribution in [1.29, 1.82) is 0 Å². The molecule has 1 aromatic heterocycles. The van der Waals surface area contributed by atoms with Crippen LogP contribution in [0.4, 0.5) is 5.69 Å². The monoisotopic (exact) mass is 458 g/mol.